The van der Waals surface area contributed by atoms with Crippen LogP contribution in [0.3, 0.4) is 0 Å². The molecule has 1 aromatic heterocycles. The van der Waals surface area contributed by atoms with Crippen molar-refractivity contribution in [3.05, 3.63) is 66.2 Å². The van der Waals surface area contributed by atoms with Gasteiger partial charge in [-0.2, -0.15) is 0 Å². The van der Waals surface area contributed by atoms with E-state index in [1.54, 1.807) is 0 Å². The first-order chi connectivity index (χ1) is 19.7. The van der Waals surface area contributed by atoms with E-state index in [2.05, 4.69) is 77.2 Å². The minimum atomic E-state index is 0.133. The Morgan fingerprint density at radius 1 is 0.850 bits per heavy atom. The fourth-order valence-electron chi connectivity index (χ4n) is 5.80. The van der Waals surface area contributed by atoms with Crippen molar-refractivity contribution >= 4 is 39.3 Å². The van der Waals surface area contributed by atoms with Gasteiger partial charge in [0.25, 0.3) is 5.91 Å². The van der Waals surface area contributed by atoms with Crippen molar-refractivity contribution in [1.82, 2.24) is 19.4 Å². The molecule has 1 fully saturated rings. The van der Waals surface area contributed by atoms with Crippen molar-refractivity contribution in [2.24, 2.45) is 0 Å². The van der Waals surface area contributed by atoms with E-state index in [0.29, 0.717) is 0 Å². The average Bonchev–Trinajstić information content (AvgIpc) is 3.33. The van der Waals surface area contributed by atoms with Gasteiger partial charge in [0.1, 0.15) is 0 Å². The molecule has 0 radical (unpaired) electrons. The highest BCUT2D eigenvalue weighted by Gasteiger charge is 2.19. The van der Waals surface area contributed by atoms with Gasteiger partial charge in [0.05, 0.1) is 11.0 Å². The number of nitrogens with one attached hydrogen (secondary N) is 1. The summed E-state index contributed by atoms with van der Waals surface area (Å²) in [6.45, 7) is 10.4. The highest BCUT2D eigenvalue weighted by atomic mass is 16.2. The summed E-state index contributed by atoms with van der Waals surface area (Å²) >= 11 is 0. The first-order valence-corrected chi connectivity index (χ1v) is 15.4. The second kappa shape index (κ2) is 13.8. The molecule has 0 atom stereocenters. The minimum absolute atomic E-state index is 0.133. The normalized spacial score (nSPS) is 14.2. The third-order valence-electron chi connectivity index (χ3n) is 8.16. The summed E-state index contributed by atoms with van der Waals surface area (Å²) in [5, 5.41) is 6.04. The lowest BCUT2D eigenvalue weighted by molar-refractivity contribution is 0.0751. The molecule has 1 saturated heterocycles. The monoisotopic (exact) mass is 539 g/mol. The van der Waals surface area contributed by atoms with Gasteiger partial charge in [0.15, 0.2) is 0 Å². The molecule has 2 heterocycles. The molecule has 0 unspecified atom stereocenters. The number of carbonyl (C=O) groups excluding carboxylic acids is 1. The molecule has 0 saturated carbocycles. The van der Waals surface area contributed by atoms with Crippen LogP contribution in [0.4, 0.5) is 11.6 Å². The summed E-state index contributed by atoms with van der Waals surface area (Å²) in [6.07, 6.45) is 9.26. The number of nitrogens with zero attached hydrogens (tertiary/aromatic N) is 4. The van der Waals surface area contributed by atoms with Gasteiger partial charge in [-0.05, 0) is 92.8 Å². The number of amides is 1. The molecule has 0 bridgehead atoms. The molecule has 212 valence electrons. The number of rotatable bonds is 13. The molecule has 0 spiro atoms. The third kappa shape index (κ3) is 6.84. The average molecular weight is 540 g/mol. The number of aromatic nitrogens is 2. The number of imidazole rings is 1. The number of benzene rings is 3. The summed E-state index contributed by atoms with van der Waals surface area (Å²) in [4.78, 5) is 23.3. The lowest BCUT2D eigenvalue weighted by atomic mass is 10.1. The SMILES string of the molecule is CCCCN(CCCC)C(=O)c1ccc2nc(Nc3ccc4ccccc4c3)n(CCCN3CCCCC3)c2c1. The maximum absolute atomic E-state index is 13.6. The first-order valence-electron chi connectivity index (χ1n) is 15.4. The number of aryl methyl sites for hydroxylation is 1. The van der Waals surface area contributed by atoms with E-state index in [-0.39, 0.29) is 5.91 Å². The zero-order valence-electron chi connectivity index (χ0n) is 24.4. The summed E-state index contributed by atoms with van der Waals surface area (Å²) in [5.41, 5.74) is 3.73. The lowest BCUT2D eigenvalue weighted by Crippen LogP contribution is -2.33. The summed E-state index contributed by atoms with van der Waals surface area (Å²) in [7, 11) is 0. The molecule has 6 heteroatoms. The van der Waals surface area contributed by atoms with Crippen LogP contribution in [0.2, 0.25) is 0 Å². The molecule has 3 aromatic carbocycles. The molecule has 4 aromatic rings. The maximum Gasteiger partial charge on any atom is 0.253 e. The van der Waals surface area contributed by atoms with Gasteiger partial charge in [0.2, 0.25) is 5.95 Å². The Kier molecular flexibility index (Phi) is 9.72. The lowest BCUT2D eigenvalue weighted by Gasteiger charge is -2.26. The number of anilines is 2. The number of hydrogen-bond donors (Lipinski definition) is 1. The van der Waals surface area contributed by atoms with Crippen molar-refractivity contribution in [1.29, 1.82) is 0 Å². The van der Waals surface area contributed by atoms with Crippen molar-refractivity contribution < 1.29 is 4.79 Å². The highest BCUT2D eigenvalue weighted by Crippen LogP contribution is 2.27. The molecule has 5 rings (SSSR count). The number of likely N-dealkylation sites (tertiary alicyclic amines) is 1. The zero-order chi connectivity index (χ0) is 27.7. The minimum Gasteiger partial charge on any atom is -0.339 e. The van der Waals surface area contributed by atoms with Gasteiger partial charge in [-0.25, -0.2) is 4.98 Å². The van der Waals surface area contributed by atoms with Crippen LogP contribution in [0.15, 0.2) is 60.7 Å². The number of hydrogen-bond acceptors (Lipinski definition) is 4. The number of piperidine rings is 1. The summed E-state index contributed by atoms with van der Waals surface area (Å²) in [5.74, 6) is 0.969. The van der Waals surface area contributed by atoms with Crippen LogP contribution in [0.5, 0.6) is 0 Å². The maximum atomic E-state index is 13.6. The standard InChI is InChI=1S/C34H45N5O/c1-3-5-22-38(23-6-4-2)33(40)29-16-18-31-32(26-29)39(24-12-21-37-19-10-7-11-20-37)34(36-31)35-30-17-15-27-13-8-9-14-28(27)25-30/h8-9,13-18,25-26H,3-7,10-12,19-24H2,1-2H3,(H,35,36). The molecule has 1 N–H and O–H groups in total. The highest BCUT2D eigenvalue weighted by molar-refractivity contribution is 5.98. The Morgan fingerprint density at radius 3 is 2.35 bits per heavy atom. The topological polar surface area (TPSA) is 53.4 Å². The predicted molar refractivity (Wildman–Crippen MR) is 168 cm³/mol. The van der Waals surface area contributed by atoms with Crippen LogP contribution in [0.25, 0.3) is 21.8 Å². The molecule has 40 heavy (non-hydrogen) atoms. The van der Waals surface area contributed by atoms with Gasteiger partial charge >= 0.3 is 0 Å². The van der Waals surface area contributed by atoms with Gasteiger partial charge in [-0.1, -0.05) is 63.4 Å². The smallest absolute Gasteiger partial charge is 0.253 e. The predicted octanol–water partition coefficient (Wildman–Crippen LogP) is 7.85. The van der Waals surface area contributed by atoms with Crippen LogP contribution in [0.1, 0.15) is 75.6 Å². The van der Waals surface area contributed by atoms with E-state index in [1.165, 1.54) is 43.1 Å². The zero-order valence-corrected chi connectivity index (χ0v) is 24.4. The van der Waals surface area contributed by atoms with Crippen LogP contribution in [0, 0.1) is 0 Å². The fraction of sp³-hybridized carbons (Fsp3) is 0.471. The fourth-order valence-corrected chi connectivity index (χ4v) is 5.80. The van der Waals surface area contributed by atoms with Crippen molar-refractivity contribution in [2.45, 2.75) is 71.8 Å². The van der Waals surface area contributed by atoms with Crippen LogP contribution in [-0.4, -0.2) is 58.0 Å². The molecular formula is C34H45N5O. The molecule has 1 amide bonds. The Balaban J connectivity index is 1.44. The van der Waals surface area contributed by atoms with E-state index in [1.807, 2.05) is 17.0 Å². The van der Waals surface area contributed by atoms with Gasteiger partial charge in [-0.15, -0.1) is 0 Å². The molecule has 1 aliphatic heterocycles. The molecule has 0 aliphatic carbocycles. The molecule has 1 aliphatic rings. The van der Waals surface area contributed by atoms with Gasteiger partial charge in [-0.3, -0.25) is 4.79 Å². The van der Waals surface area contributed by atoms with Crippen LogP contribution in [-0.2, 0) is 6.54 Å². The quantitative estimate of drug-likeness (QED) is 0.188. The van der Waals surface area contributed by atoms with E-state index in [9.17, 15) is 4.79 Å². The van der Waals surface area contributed by atoms with Crippen LogP contribution >= 0.6 is 0 Å². The van der Waals surface area contributed by atoms with Crippen molar-refractivity contribution in [3.8, 4) is 0 Å². The van der Waals surface area contributed by atoms with Crippen molar-refractivity contribution in [3.63, 3.8) is 0 Å². The van der Waals surface area contributed by atoms with E-state index < -0.39 is 0 Å². The summed E-state index contributed by atoms with van der Waals surface area (Å²) < 4.78 is 2.29. The number of fused-ring (bicyclic) bond motifs is 2. The Bertz CT molecular complexity index is 1400. The van der Waals surface area contributed by atoms with Gasteiger partial charge in [0, 0.05) is 30.9 Å². The Hall–Kier alpha value is -3.38. The number of unbranched alkanes of at least 4 members (excludes halogenated alkanes) is 2. The number of carbonyl (C=O) groups is 1. The van der Waals surface area contributed by atoms with E-state index in [4.69, 9.17) is 4.98 Å². The first kappa shape index (κ1) is 28.2. The van der Waals surface area contributed by atoms with Crippen LogP contribution < -0.4 is 5.32 Å². The summed E-state index contributed by atoms with van der Waals surface area (Å²) in [6, 6.07) is 20.9. The van der Waals surface area contributed by atoms with Crippen molar-refractivity contribution in [2.75, 3.05) is 38.0 Å². The largest absolute Gasteiger partial charge is 0.339 e. The van der Waals surface area contributed by atoms with E-state index >= 15 is 0 Å². The van der Waals surface area contributed by atoms with E-state index in [0.717, 1.165) is 86.5 Å². The third-order valence-corrected chi connectivity index (χ3v) is 8.16. The Morgan fingerprint density at radius 2 is 1.60 bits per heavy atom. The molecular weight excluding hydrogens is 494 g/mol. The second-order valence-electron chi connectivity index (χ2n) is 11.2. The van der Waals surface area contributed by atoms with Gasteiger partial charge < -0.3 is 19.7 Å². The molecule has 6 nitrogen and oxygen atoms in total. The Labute approximate surface area is 239 Å². The second-order valence-corrected chi connectivity index (χ2v) is 11.2.